The fourth-order valence-electron chi connectivity index (χ4n) is 3.52. The molecular formula is C25H33FN2O4. The minimum absolute atomic E-state index is 0.142. The molecule has 0 aliphatic carbocycles. The van der Waals surface area contributed by atoms with Gasteiger partial charge in [0.25, 0.3) is 0 Å². The Labute approximate surface area is 189 Å². The standard InChI is InChI=1S/C25H33FN2O4/c1-5-21(25(30)27-4)28(17-19-8-12-20(26)13-9-19)24(29)15-11-18-10-14-22(31-6-2)23(16-18)32-7-3/h8-10,12-14,16,21H,5-7,11,15,17H2,1-4H3,(H,27,30)/t21-/m0/s1. The number of benzene rings is 2. The maximum absolute atomic E-state index is 13.3. The van der Waals surface area contributed by atoms with Crippen LogP contribution in [0, 0.1) is 5.82 Å². The summed E-state index contributed by atoms with van der Waals surface area (Å²) in [5, 5.41) is 2.64. The van der Waals surface area contributed by atoms with Crippen molar-refractivity contribution in [2.75, 3.05) is 20.3 Å². The minimum Gasteiger partial charge on any atom is -0.490 e. The van der Waals surface area contributed by atoms with Gasteiger partial charge < -0.3 is 19.7 Å². The number of likely N-dealkylation sites (N-methyl/N-ethyl adjacent to an activating group) is 1. The summed E-state index contributed by atoms with van der Waals surface area (Å²) in [5.41, 5.74) is 1.71. The van der Waals surface area contributed by atoms with Gasteiger partial charge in [-0.2, -0.15) is 0 Å². The predicted molar refractivity (Wildman–Crippen MR) is 122 cm³/mol. The van der Waals surface area contributed by atoms with Crippen LogP contribution in [0.4, 0.5) is 4.39 Å². The van der Waals surface area contributed by atoms with E-state index in [2.05, 4.69) is 5.32 Å². The van der Waals surface area contributed by atoms with Crippen molar-refractivity contribution in [2.45, 2.75) is 52.6 Å². The van der Waals surface area contributed by atoms with Crippen molar-refractivity contribution in [3.05, 3.63) is 59.4 Å². The van der Waals surface area contributed by atoms with Gasteiger partial charge in [0.1, 0.15) is 11.9 Å². The van der Waals surface area contributed by atoms with Gasteiger partial charge in [-0.25, -0.2) is 4.39 Å². The Bertz CT molecular complexity index is 886. The highest BCUT2D eigenvalue weighted by molar-refractivity contribution is 5.87. The molecule has 32 heavy (non-hydrogen) atoms. The average molecular weight is 445 g/mol. The summed E-state index contributed by atoms with van der Waals surface area (Å²) in [4.78, 5) is 27.2. The van der Waals surface area contributed by atoms with Crippen LogP contribution in [-0.4, -0.2) is 43.0 Å². The van der Waals surface area contributed by atoms with Gasteiger partial charge in [0.05, 0.1) is 13.2 Å². The Morgan fingerprint density at radius 2 is 1.59 bits per heavy atom. The second-order valence-corrected chi connectivity index (χ2v) is 7.33. The van der Waals surface area contributed by atoms with E-state index in [0.29, 0.717) is 37.6 Å². The molecule has 2 rings (SSSR count). The highest BCUT2D eigenvalue weighted by atomic mass is 19.1. The molecule has 0 fully saturated rings. The van der Waals surface area contributed by atoms with Crippen LogP contribution in [0.15, 0.2) is 42.5 Å². The van der Waals surface area contributed by atoms with Crippen LogP contribution in [0.3, 0.4) is 0 Å². The number of nitrogens with zero attached hydrogens (tertiary/aromatic N) is 1. The van der Waals surface area contributed by atoms with Crippen LogP contribution < -0.4 is 14.8 Å². The van der Waals surface area contributed by atoms with Crippen molar-refractivity contribution in [2.24, 2.45) is 0 Å². The van der Waals surface area contributed by atoms with Gasteiger partial charge in [0, 0.05) is 20.0 Å². The van der Waals surface area contributed by atoms with Crippen molar-refractivity contribution >= 4 is 11.8 Å². The van der Waals surface area contributed by atoms with Crippen molar-refractivity contribution < 1.29 is 23.5 Å². The second-order valence-electron chi connectivity index (χ2n) is 7.33. The first-order valence-electron chi connectivity index (χ1n) is 11.1. The Kier molecular flexibility index (Phi) is 9.98. The number of hydrogen-bond donors (Lipinski definition) is 1. The van der Waals surface area contributed by atoms with E-state index < -0.39 is 6.04 Å². The number of ether oxygens (including phenoxy) is 2. The van der Waals surface area contributed by atoms with E-state index in [1.165, 1.54) is 12.1 Å². The molecule has 2 aromatic rings. The number of halogens is 1. The lowest BCUT2D eigenvalue weighted by Crippen LogP contribution is -2.48. The number of rotatable bonds is 12. The van der Waals surface area contributed by atoms with E-state index in [-0.39, 0.29) is 30.6 Å². The molecule has 1 atom stereocenters. The van der Waals surface area contributed by atoms with Crippen LogP contribution in [0.25, 0.3) is 0 Å². The highest BCUT2D eigenvalue weighted by Crippen LogP contribution is 2.29. The maximum atomic E-state index is 13.3. The van der Waals surface area contributed by atoms with E-state index >= 15 is 0 Å². The molecule has 0 saturated heterocycles. The molecule has 0 aromatic heterocycles. The molecule has 0 unspecified atom stereocenters. The van der Waals surface area contributed by atoms with Gasteiger partial charge >= 0.3 is 0 Å². The fourth-order valence-corrected chi connectivity index (χ4v) is 3.52. The molecule has 0 spiro atoms. The van der Waals surface area contributed by atoms with Crippen LogP contribution in [-0.2, 0) is 22.6 Å². The van der Waals surface area contributed by atoms with Crippen molar-refractivity contribution in [1.82, 2.24) is 10.2 Å². The number of hydrogen-bond acceptors (Lipinski definition) is 4. The molecule has 6 nitrogen and oxygen atoms in total. The summed E-state index contributed by atoms with van der Waals surface area (Å²) in [6.45, 7) is 6.97. The van der Waals surface area contributed by atoms with Gasteiger partial charge in [-0.05, 0) is 62.1 Å². The Balaban J connectivity index is 2.19. The van der Waals surface area contributed by atoms with Crippen molar-refractivity contribution in [1.29, 1.82) is 0 Å². The molecule has 0 aliphatic heterocycles. The van der Waals surface area contributed by atoms with Crippen LogP contribution in [0.1, 0.15) is 44.7 Å². The molecule has 0 bridgehead atoms. The van der Waals surface area contributed by atoms with Crippen molar-refractivity contribution in [3.8, 4) is 11.5 Å². The predicted octanol–water partition coefficient (Wildman–Crippen LogP) is 4.11. The molecule has 2 aromatic carbocycles. The van der Waals surface area contributed by atoms with Gasteiger partial charge in [0.15, 0.2) is 11.5 Å². The largest absolute Gasteiger partial charge is 0.490 e. The topological polar surface area (TPSA) is 67.9 Å². The molecule has 174 valence electrons. The van der Waals surface area contributed by atoms with E-state index in [1.54, 1.807) is 24.1 Å². The SMILES string of the molecule is CCOc1ccc(CCC(=O)N(Cc2ccc(F)cc2)[C@@H](CC)C(=O)NC)cc1OCC. The van der Waals surface area contributed by atoms with Crippen molar-refractivity contribution in [3.63, 3.8) is 0 Å². The van der Waals surface area contributed by atoms with E-state index in [9.17, 15) is 14.0 Å². The lowest BCUT2D eigenvalue weighted by atomic mass is 10.1. The summed E-state index contributed by atoms with van der Waals surface area (Å²) in [7, 11) is 1.56. The number of nitrogens with one attached hydrogen (secondary N) is 1. The zero-order valence-electron chi connectivity index (χ0n) is 19.3. The Morgan fingerprint density at radius 3 is 2.19 bits per heavy atom. The second kappa shape index (κ2) is 12.7. The molecule has 0 heterocycles. The normalized spacial score (nSPS) is 11.5. The molecular weight excluding hydrogens is 411 g/mol. The first-order valence-corrected chi connectivity index (χ1v) is 11.1. The zero-order chi connectivity index (χ0) is 23.5. The number of aryl methyl sites for hydroxylation is 1. The summed E-state index contributed by atoms with van der Waals surface area (Å²) in [6, 6.07) is 11.0. The Morgan fingerprint density at radius 1 is 0.969 bits per heavy atom. The van der Waals surface area contributed by atoms with Crippen LogP contribution in [0.5, 0.6) is 11.5 Å². The van der Waals surface area contributed by atoms with Gasteiger partial charge in [-0.15, -0.1) is 0 Å². The lowest BCUT2D eigenvalue weighted by Gasteiger charge is -2.30. The van der Waals surface area contributed by atoms with Gasteiger partial charge in [-0.1, -0.05) is 25.1 Å². The average Bonchev–Trinajstić information content (AvgIpc) is 2.80. The first-order chi connectivity index (χ1) is 15.4. The minimum atomic E-state index is -0.600. The molecule has 0 radical (unpaired) electrons. The lowest BCUT2D eigenvalue weighted by molar-refractivity contribution is -0.141. The number of amides is 2. The third-order valence-electron chi connectivity index (χ3n) is 5.13. The summed E-state index contributed by atoms with van der Waals surface area (Å²) >= 11 is 0. The van der Waals surface area contributed by atoms with Crippen LogP contribution in [0.2, 0.25) is 0 Å². The molecule has 1 N–H and O–H groups in total. The van der Waals surface area contributed by atoms with Gasteiger partial charge in [-0.3, -0.25) is 9.59 Å². The van der Waals surface area contributed by atoms with Gasteiger partial charge in [0.2, 0.25) is 11.8 Å². The molecule has 0 saturated carbocycles. The third kappa shape index (κ3) is 6.97. The third-order valence-corrected chi connectivity index (χ3v) is 5.13. The highest BCUT2D eigenvalue weighted by Gasteiger charge is 2.27. The summed E-state index contributed by atoms with van der Waals surface area (Å²) in [5.74, 6) is 0.622. The first kappa shape index (κ1) is 25.2. The maximum Gasteiger partial charge on any atom is 0.242 e. The monoisotopic (exact) mass is 444 g/mol. The summed E-state index contributed by atoms with van der Waals surface area (Å²) in [6.07, 6.45) is 1.20. The van der Waals surface area contributed by atoms with Crippen LogP contribution >= 0.6 is 0 Å². The number of carbonyl (C=O) groups excluding carboxylic acids is 2. The quantitative estimate of drug-likeness (QED) is 0.535. The molecule has 2 amide bonds. The van der Waals surface area contributed by atoms with E-state index in [1.807, 2.05) is 39.0 Å². The fraction of sp³-hybridized carbons (Fsp3) is 0.440. The molecule has 7 heteroatoms. The molecule has 0 aliphatic rings. The zero-order valence-corrected chi connectivity index (χ0v) is 19.3. The van der Waals surface area contributed by atoms with E-state index in [0.717, 1.165) is 11.1 Å². The summed E-state index contributed by atoms with van der Waals surface area (Å²) < 4.78 is 24.6. The smallest absolute Gasteiger partial charge is 0.242 e. The Hall–Kier alpha value is -3.09. The van der Waals surface area contributed by atoms with E-state index in [4.69, 9.17) is 9.47 Å². The number of carbonyl (C=O) groups is 2.